The SMILES string of the molecule is COCCCn1c(S[C@@H](C)C(=O)Nc2cccc(F)c2)n[nH]c1=O. The lowest BCUT2D eigenvalue weighted by atomic mass is 10.3. The minimum atomic E-state index is -0.510. The highest BCUT2D eigenvalue weighted by atomic mass is 32.2. The lowest BCUT2D eigenvalue weighted by Crippen LogP contribution is -2.24. The number of aromatic nitrogens is 3. The van der Waals surface area contributed by atoms with Crippen molar-refractivity contribution >= 4 is 23.4 Å². The van der Waals surface area contributed by atoms with E-state index < -0.39 is 11.1 Å². The van der Waals surface area contributed by atoms with Crippen molar-refractivity contribution in [2.45, 2.75) is 30.3 Å². The number of anilines is 1. The number of methoxy groups -OCH3 is 1. The largest absolute Gasteiger partial charge is 0.385 e. The molecule has 0 saturated heterocycles. The van der Waals surface area contributed by atoms with Gasteiger partial charge >= 0.3 is 5.69 Å². The summed E-state index contributed by atoms with van der Waals surface area (Å²) in [6.07, 6.45) is 0.660. The van der Waals surface area contributed by atoms with Gasteiger partial charge in [-0.25, -0.2) is 14.3 Å². The molecular formula is C15H19FN4O3S. The molecule has 2 rings (SSSR count). The Morgan fingerprint density at radius 3 is 3.04 bits per heavy atom. The molecule has 0 saturated carbocycles. The van der Waals surface area contributed by atoms with Crippen LogP contribution < -0.4 is 11.0 Å². The van der Waals surface area contributed by atoms with Crippen molar-refractivity contribution in [1.82, 2.24) is 14.8 Å². The van der Waals surface area contributed by atoms with Crippen molar-refractivity contribution in [3.8, 4) is 0 Å². The Morgan fingerprint density at radius 2 is 2.33 bits per heavy atom. The first-order valence-electron chi connectivity index (χ1n) is 7.38. The number of rotatable bonds is 8. The molecule has 0 radical (unpaired) electrons. The van der Waals surface area contributed by atoms with Gasteiger partial charge in [-0.15, -0.1) is 5.10 Å². The van der Waals surface area contributed by atoms with E-state index in [1.165, 1.54) is 22.8 Å². The fourth-order valence-corrected chi connectivity index (χ4v) is 2.86. The number of amides is 1. The number of ether oxygens (including phenoxy) is 1. The van der Waals surface area contributed by atoms with E-state index in [0.717, 1.165) is 11.8 Å². The summed E-state index contributed by atoms with van der Waals surface area (Å²) in [6, 6.07) is 5.66. The summed E-state index contributed by atoms with van der Waals surface area (Å²) >= 11 is 1.15. The molecule has 1 aromatic carbocycles. The summed E-state index contributed by atoms with van der Waals surface area (Å²) in [5.74, 6) is -0.725. The number of aromatic amines is 1. The third-order valence-corrected chi connectivity index (χ3v) is 4.29. The molecule has 24 heavy (non-hydrogen) atoms. The molecule has 0 spiro atoms. The first-order chi connectivity index (χ1) is 11.5. The van der Waals surface area contributed by atoms with Crippen LogP contribution in [0.1, 0.15) is 13.3 Å². The van der Waals surface area contributed by atoms with Gasteiger partial charge in [-0.3, -0.25) is 9.36 Å². The Bertz CT molecular complexity index is 746. The van der Waals surface area contributed by atoms with E-state index in [0.29, 0.717) is 30.4 Å². The molecule has 0 aliphatic heterocycles. The minimum absolute atomic E-state index is 0.301. The van der Waals surface area contributed by atoms with E-state index in [2.05, 4.69) is 15.5 Å². The van der Waals surface area contributed by atoms with Crippen LogP contribution in [0.4, 0.5) is 10.1 Å². The fourth-order valence-electron chi connectivity index (χ4n) is 1.98. The average Bonchev–Trinajstić information content (AvgIpc) is 2.88. The Kier molecular flexibility index (Phi) is 6.56. The van der Waals surface area contributed by atoms with Crippen molar-refractivity contribution in [3.05, 3.63) is 40.6 Å². The number of H-pyrrole nitrogens is 1. The maximum absolute atomic E-state index is 13.1. The maximum Gasteiger partial charge on any atom is 0.343 e. The van der Waals surface area contributed by atoms with Gasteiger partial charge in [0.15, 0.2) is 5.16 Å². The zero-order chi connectivity index (χ0) is 17.5. The third kappa shape index (κ3) is 4.93. The van der Waals surface area contributed by atoms with E-state index in [4.69, 9.17) is 4.74 Å². The number of carbonyl (C=O) groups excluding carboxylic acids is 1. The first-order valence-corrected chi connectivity index (χ1v) is 8.26. The van der Waals surface area contributed by atoms with Crippen LogP contribution in [0.25, 0.3) is 0 Å². The number of halogens is 1. The summed E-state index contributed by atoms with van der Waals surface area (Å²) < 4.78 is 19.6. The molecule has 0 fully saturated rings. The van der Waals surface area contributed by atoms with Crippen molar-refractivity contribution in [2.24, 2.45) is 0 Å². The number of hydrogen-bond acceptors (Lipinski definition) is 5. The smallest absolute Gasteiger partial charge is 0.343 e. The van der Waals surface area contributed by atoms with E-state index in [9.17, 15) is 14.0 Å². The van der Waals surface area contributed by atoms with Crippen LogP contribution in [-0.4, -0.2) is 39.6 Å². The van der Waals surface area contributed by atoms with Gasteiger partial charge < -0.3 is 10.1 Å². The molecule has 9 heteroatoms. The van der Waals surface area contributed by atoms with Crippen LogP contribution in [0.15, 0.2) is 34.2 Å². The number of nitrogens with one attached hydrogen (secondary N) is 2. The van der Waals surface area contributed by atoms with Crippen LogP contribution in [0.2, 0.25) is 0 Å². The van der Waals surface area contributed by atoms with Crippen molar-refractivity contribution in [1.29, 1.82) is 0 Å². The number of nitrogens with zero attached hydrogens (tertiary/aromatic N) is 2. The molecule has 2 N–H and O–H groups in total. The Hall–Kier alpha value is -2.13. The van der Waals surface area contributed by atoms with Gasteiger partial charge in [0.05, 0.1) is 5.25 Å². The van der Waals surface area contributed by atoms with Gasteiger partial charge in [-0.1, -0.05) is 17.8 Å². The summed E-state index contributed by atoms with van der Waals surface area (Å²) in [7, 11) is 1.59. The normalized spacial score (nSPS) is 12.1. The highest BCUT2D eigenvalue weighted by molar-refractivity contribution is 8.00. The second-order valence-electron chi connectivity index (χ2n) is 5.07. The molecule has 130 valence electrons. The van der Waals surface area contributed by atoms with E-state index in [-0.39, 0.29) is 11.6 Å². The zero-order valence-corrected chi connectivity index (χ0v) is 14.2. The maximum atomic E-state index is 13.1. The Morgan fingerprint density at radius 1 is 1.54 bits per heavy atom. The molecule has 0 unspecified atom stereocenters. The van der Waals surface area contributed by atoms with Gasteiger partial charge in [0.1, 0.15) is 5.82 Å². The summed E-state index contributed by atoms with van der Waals surface area (Å²) in [5.41, 5.74) is 0.0540. The van der Waals surface area contributed by atoms with Crippen LogP contribution >= 0.6 is 11.8 Å². The Balaban J connectivity index is 2.00. The second kappa shape index (κ2) is 8.65. The van der Waals surface area contributed by atoms with Crippen LogP contribution in [0, 0.1) is 5.82 Å². The highest BCUT2D eigenvalue weighted by Gasteiger charge is 2.19. The summed E-state index contributed by atoms with van der Waals surface area (Å²) in [4.78, 5) is 24.0. The van der Waals surface area contributed by atoms with Gasteiger partial charge in [-0.05, 0) is 31.5 Å². The van der Waals surface area contributed by atoms with Crippen LogP contribution in [0.5, 0.6) is 0 Å². The number of carbonyl (C=O) groups is 1. The van der Waals surface area contributed by atoms with Crippen molar-refractivity contribution < 1.29 is 13.9 Å². The van der Waals surface area contributed by atoms with Gasteiger partial charge in [0.2, 0.25) is 5.91 Å². The third-order valence-electron chi connectivity index (χ3n) is 3.20. The predicted octanol–water partition coefficient (Wildman–Crippen LogP) is 1.87. The Labute approximate surface area is 142 Å². The first kappa shape index (κ1) is 18.2. The number of benzene rings is 1. The van der Waals surface area contributed by atoms with Crippen LogP contribution in [-0.2, 0) is 16.1 Å². The van der Waals surface area contributed by atoms with E-state index in [1.54, 1.807) is 20.1 Å². The zero-order valence-electron chi connectivity index (χ0n) is 13.4. The van der Waals surface area contributed by atoms with E-state index >= 15 is 0 Å². The molecule has 1 aromatic heterocycles. The van der Waals surface area contributed by atoms with Gasteiger partial charge in [0, 0.05) is 25.9 Å². The molecule has 7 nitrogen and oxygen atoms in total. The van der Waals surface area contributed by atoms with Gasteiger partial charge in [-0.2, -0.15) is 0 Å². The lowest BCUT2D eigenvalue weighted by molar-refractivity contribution is -0.115. The molecule has 2 aromatic rings. The molecule has 1 atom stereocenters. The summed E-state index contributed by atoms with van der Waals surface area (Å²) in [6.45, 7) is 2.67. The van der Waals surface area contributed by atoms with Crippen molar-refractivity contribution in [3.63, 3.8) is 0 Å². The molecule has 0 aliphatic carbocycles. The second-order valence-corrected chi connectivity index (χ2v) is 6.38. The average molecular weight is 354 g/mol. The summed E-state index contributed by atoms with van der Waals surface area (Å²) in [5, 5.41) is 8.88. The molecule has 0 aliphatic rings. The van der Waals surface area contributed by atoms with Gasteiger partial charge in [0.25, 0.3) is 0 Å². The predicted molar refractivity (Wildman–Crippen MR) is 89.7 cm³/mol. The number of hydrogen-bond donors (Lipinski definition) is 2. The molecule has 1 heterocycles. The van der Waals surface area contributed by atoms with Crippen LogP contribution in [0.3, 0.4) is 0 Å². The molecule has 0 bridgehead atoms. The van der Waals surface area contributed by atoms with Crippen molar-refractivity contribution in [2.75, 3.05) is 19.0 Å². The fraction of sp³-hybridized carbons (Fsp3) is 0.400. The lowest BCUT2D eigenvalue weighted by Gasteiger charge is -2.12. The quantitative estimate of drug-likeness (QED) is 0.558. The van der Waals surface area contributed by atoms with E-state index in [1.807, 2.05) is 0 Å². The monoisotopic (exact) mass is 354 g/mol. The highest BCUT2D eigenvalue weighted by Crippen LogP contribution is 2.21. The topological polar surface area (TPSA) is 89.0 Å². The standard InChI is InChI=1S/C15H19FN4O3S/c1-10(13(21)17-12-6-3-5-11(16)9-12)24-15-19-18-14(22)20(15)7-4-8-23-2/h3,5-6,9-10H,4,7-8H2,1-2H3,(H,17,21)(H,18,22)/t10-/m0/s1. The number of thioether (sulfide) groups is 1. The molecule has 1 amide bonds. The minimum Gasteiger partial charge on any atom is -0.385 e. The molecular weight excluding hydrogens is 335 g/mol.